The Morgan fingerprint density at radius 1 is 1.04 bits per heavy atom. The molecule has 1 saturated heterocycles. The maximum absolute atomic E-state index is 13.2. The molecule has 1 amide bonds. The van der Waals surface area contributed by atoms with Crippen molar-refractivity contribution in [3.05, 3.63) is 65.2 Å². The number of halogens is 3. The fourth-order valence-corrected chi connectivity index (χ4v) is 3.49. The predicted octanol–water partition coefficient (Wildman–Crippen LogP) is 4.36. The molecule has 0 saturated carbocycles. The zero-order valence-corrected chi connectivity index (χ0v) is 14.2. The quantitative estimate of drug-likeness (QED) is 0.880. The highest BCUT2D eigenvalue weighted by atomic mass is 19.4. The molecule has 0 unspecified atom stereocenters. The molecule has 0 aromatic heterocycles. The number of phenols is 1. The van der Waals surface area contributed by atoms with Crippen molar-refractivity contribution in [1.82, 2.24) is 4.90 Å². The average Bonchev–Trinajstić information content (AvgIpc) is 2.63. The number of para-hydroxylation sites is 1. The smallest absolute Gasteiger partial charge is 0.416 e. The van der Waals surface area contributed by atoms with Crippen LogP contribution in [0.25, 0.3) is 0 Å². The first-order valence-corrected chi connectivity index (χ1v) is 8.57. The van der Waals surface area contributed by atoms with Crippen LogP contribution in [-0.2, 0) is 17.4 Å². The molecule has 6 heteroatoms. The summed E-state index contributed by atoms with van der Waals surface area (Å²) in [4.78, 5) is 14.1. The first-order valence-electron chi connectivity index (χ1n) is 8.57. The summed E-state index contributed by atoms with van der Waals surface area (Å²) in [6.45, 7) is 0.840. The van der Waals surface area contributed by atoms with Gasteiger partial charge in [0.25, 0.3) is 0 Å². The summed E-state index contributed by atoms with van der Waals surface area (Å²) in [5.74, 6) is -0.245. The van der Waals surface area contributed by atoms with Crippen molar-refractivity contribution in [2.24, 2.45) is 0 Å². The molecule has 138 valence electrons. The van der Waals surface area contributed by atoms with Crippen LogP contribution in [0.4, 0.5) is 13.2 Å². The van der Waals surface area contributed by atoms with Crippen molar-refractivity contribution in [1.29, 1.82) is 0 Å². The number of carbonyl (C=O) groups excluding carboxylic acids is 1. The Hall–Kier alpha value is -2.50. The van der Waals surface area contributed by atoms with E-state index < -0.39 is 11.7 Å². The lowest BCUT2D eigenvalue weighted by atomic mass is 9.86. The molecular weight excluding hydrogens is 343 g/mol. The molecule has 1 fully saturated rings. The van der Waals surface area contributed by atoms with E-state index in [0.717, 1.165) is 6.07 Å². The van der Waals surface area contributed by atoms with Gasteiger partial charge in [-0.1, -0.05) is 36.4 Å². The minimum atomic E-state index is -4.37. The zero-order valence-electron chi connectivity index (χ0n) is 14.2. The number of amides is 1. The van der Waals surface area contributed by atoms with Crippen LogP contribution in [0.1, 0.15) is 35.4 Å². The molecule has 0 radical (unpaired) electrons. The maximum Gasteiger partial charge on any atom is 0.416 e. The number of phenolic OH excluding ortho intramolecular Hbond substituents is 1. The number of piperidine rings is 1. The minimum Gasteiger partial charge on any atom is -0.508 e. The van der Waals surface area contributed by atoms with Crippen LogP contribution in [0.5, 0.6) is 5.75 Å². The van der Waals surface area contributed by atoms with Crippen LogP contribution in [0, 0.1) is 0 Å². The summed E-state index contributed by atoms with van der Waals surface area (Å²) >= 11 is 0. The number of nitrogens with zero attached hydrogens (tertiary/aromatic N) is 1. The molecule has 1 aliphatic rings. The third kappa shape index (κ3) is 4.00. The van der Waals surface area contributed by atoms with Gasteiger partial charge in [-0.3, -0.25) is 4.79 Å². The molecule has 26 heavy (non-hydrogen) atoms. The van der Waals surface area contributed by atoms with Crippen molar-refractivity contribution in [3.63, 3.8) is 0 Å². The first kappa shape index (κ1) is 18.3. The lowest BCUT2D eigenvalue weighted by Gasteiger charge is -2.33. The highest BCUT2D eigenvalue weighted by molar-refractivity contribution is 5.79. The van der Waals surface area contributed by atoms with E-state index in [1.165, 1.54) is 18.2 Å². The van der Waals surface area contributed by atoms with E-state index in [1.54, 1.807) is 29.2 Å². The molecule has 1 N–H and O–H groups in total. The second-order valence-corrected chi connectivity index (χ2v) is 6.55. The van der Waals surface area contributed by atoms with E-state index in [4.69, 9.17) is 0 Å². The standard InChI is InChI=1S/C20H20F3NO2/c21-20(22,23)17-7-3-2-6-16(17)14-9-11-24(12-10-14)19(26)13-15-5-1-4-8-18(15)25/h1-8,14,25H,9-13H2. The van der Waals surface area contributed by atoms with Gasteiger partial charge in [-0.25, -0.2) is 0 Å². The Kier molecular flexibility index (Phi) is 5.20. The van der Waals surface area contributed by atoms with Gasteiger partial charge in [0.2, 0.25) is 5.91 Å². The van der Waals surface area contributed by atoms with Gasteiger partial charge < -0.3 is 10.0 Å². The van der Waals surface area contributed by atoms with E-state index >= 15 is 0 Å². The molecule has 0 atom stereocenters. The second-order valence-electron chi connectivity index (χ2n) is 6.55. The monoisotopic (exact) mass is 363 g/mol. The van der Waals surface area contributed by atoms with Crippen molar-refractivity contribution in [3.8, 4) is 5.75 Å². The average molecular weight is 363 g/mol. The number of hydrogen-bond donors (Lipinski definition) is 1. The second kappa shape index (κ2) is 7.40. The third-order valence-corrected chi connectivity index (χ3v) is 4.89. The molecule has 0 spiro atoms. The largest absolute Gasteiger partial charge is 0.508 e. The molecule has 3 rings (SSSR count). The van der Waals surface area contributed by atoms with Crippen molar-refractivity contribution >= 4 is 5.91 Å². The molecular formula is C20H20F3NO2. The highest BCUT2D eigenvalue weighted by Crippen LogP contribution is 2.38. The fraction of sp³-hybridized carbons (Fsp3) is 0.350. The minimum absolute atomic E-state index is 0.0786. The first-order chi connectivity index (χ1) is 12.4. The summed E-state index contributed by atoms with van der Waals surface area (Å²) in [5, 5.41) is 9.78. The van der Waals surface area contributed by atoms with Gasteiger partial charge in [0.1, 0.15) is 5.75 Å². The van der Waals surface area contributed by atoms with Gasteiger partial charge in [-0.15, -0.1) is 0 Å². The van der Waals surface area contributed by atoms with Gasteiger partial charge in [0, 0.05) is 18.7 Å². The summed E-state index contributed by atoms with van der Waals surface area (Å²) in [7, 11) is 0. The predicted molar refractivity (Wildman–Crippen MR) is 91.8 cm³/mol. The Labute approximate surface area is 150 Å². The van der Waals surface area contributed by atoms with Crippen molar-refractivity contribution < 1.29 is 23.1 Å². The van der Waals surface area contributed by atoms with Crippen molar-refractivity contribution in [2.45, 2.75) is 31.4 Å². The third-order valence-electron chi connectivity index (χ3n) is 4.89. The SMILES string of the molecule is O=C(Cc1ccccc1O)N1CCC(c2ccccc2C(F)(F)F)CC1. The van der Waals surface area contributed by atoms with Gasteiger partial charge in [0.15, 0.2) is 0 Å². The van der Waals surface area contributed by atoms with Crippen LogP contribution in [0.15, 0.2) is 48.5 Å². The Morgan fingerprint density at radius 2 is 1.65 bits per heavy atom. The number of likely N-dealkylation sites (tertiary alicyclic amines) is 1. The number of alkyl halides is 3. The number of benzene rings is 2. The number of rotatable bonds is 3. The van der Waals surface area contributed by atoms with Crippen LogP contribution in [0.2, 0.25) is 0 Å². The Morgan fingerprint density at radius 3 is 2.31 bits per heavy atom. The van der Waals surface area contributed by atoms with Gasteiger partial charge >= 0.3 is 6.18 Å². The normalized spacial score (nSPS) is 15.9. The van der Waals surface area contributed by atoms with Crippen LogP contribution >= 0.6 is 0 Å². The highest BCUT2D eigenvalue weighted by Gasteiger charge is 2.36. The fourth-order valence-electron chi connectivity index (χ4n) is 3.49. The maximum atomic E-state index is 13.2. The van der Waals surface area contributed by atoms with Crippen LogP contribution in [0.3, 0.4) is 0 Å². The van der Waals surface area contributed by atoms with E-state index in [1.807, 2.05) is 0 Å². The number of hydrogen-bond acceptors (Lipinski definition) is 2. The van der Waals surface area contributed by atoms with Crippen LogP contribution in [-0.4, -0.2) is 29.0 Å². The lowest BCUT2D eigenvalue weighted by molar-refractivity contribution is -0.139. The topological polar surface area (TPSA) is 40.5 Å². The molecule has 0 aliphatic carbocycles. The van der Waals surface area contributed by atoms with Gasteiger partial charge in [0.05, 0.1) is 12.0 Å². The molecule has 2 aromatic carbocycles. The summed E-state index contributed by atoms with van der Waals surface area (Å²) < 4.78 is 39.6. The van der Waals surface area contributed by atoms with Gasteiger partial charge in [-0.2, -0.15) is 13.2 Å². The molecule has 3 nitrogen and oxygen atoms in total. The molecule has 1 aliphatic heterocycles. The van der Waals surface area contributed by atoms with E-state index in [9.17, 15) is 23.1 Å². The number of carbonyl (C=O) groups is 1. The summed E-state index contributed by atoms with van der Waals surface area (Å²) in [6.07, 6.45) is -3.27. The van der Waals surface area contributed by atoms with Crippen molar-refractivity contribution in [2.75, 3.05) is 13.1 Å². The van der Waals surface area contributed by atoms with E-state index in [2.05, 4.69) is 0 Å². The van der Waals surface area contributed by atoms with Gasteiger partial charge in [-0.05, 0) is 36.5 Å². The van der Waals surface area contributed by atoms with E-state index in [0.29, 0.717) is 37.1 Å². The molecule has 2 aromatic rings. The summed E-state index contributed by atoms with van der Waals surface area (Å²) in [5.41, 5.74) is 0.286. The molecule has 0 bridgehead atoms. The Bertz CT molecular complexity index is 781. The zero-order chi connectivity index (χ0) is 18.7. The summed E-state index contributed by atoms with van der Waals surface area (Å²) in [6, 6.07) is 12.3. The van der Waals surface area contributed by atoms with E-state index in [-0.39, 0.29) is 24.0 Å². The lowest BCUT2D eigenvalue weighted by Crippen LogP contribution is -2.39. The molecule has 1 heterocycles. The van der Waals surface area contributed by atoms with Crippen LogP contribution < -0.4 is 0 Å². The number of aromatic hydroxyl groups is 1. The Balaban J connectivity index is 1.65.